The quantitative estimate of drug-likeness (QED) is 0.491. The number of aromatic carboxylic acids is 1. The third-order valence-electron chi connectivity index (χ3n) is 2.69. The van der Waals surface area contributed by atoms with Crippen LogP contribution in [0.2, 0.25) is 0 Å². The van der Waals surface area contributed by atoms with Crippen molar-refractivity contribution < 1.29 is 24.3 Å². The number of nitrogens with one attached hydrogen (secondary N) is 2. The van der Waals surface area contributed by atoms with Crippen molar-refractivity contribution >= 4 is 52.1 Å². The molecule has 0 bridgehead atoms. The Morgan fingerprint density at radius 3 is 2.43 bits per heavy atom. The van der Waals surface area contributed by atoms with Crippen LogP contribution in [0, 0.1) is 3.57 Å². The fourth-order valence-corrected chi connectivity index (χ4v) is 2.27. The van der Waals surface area contributed by atoms with E-state index < -0.39 is 23.8 Å². The summed E-state index contributed by atoms with van der Waals surface area (Å²) < 4.78 is 0.704. The van der Waals surface area contributed by atoms with E-state index >= 15 is 0 Å². The highest BCUT2D eigenvalue weighted by molar-refractivity contribution is 14.1. The predicted octanol–water partition coefficient (Wildman–Crippen LogP) is 0.480. The zero-order valence-corrected chi connectivity index (χ0v) is 12.7. The summed E-state index contributed by atoms with van der Waals surface area (Å²) in [4.78, 5) is 46.6. The average molecular weight is 403 g/mol. The molecule has 0 atom stereocenters. The van der Waals surface area contributed by atoms with E-state index in [1.165, 1.54) is 12.1 Å². The lowest BCUT2D eigenvalue weighted by molar-refractivity contribution is -0.134. The number of carbonyl (C=O) groups excluding carboxylic acids is 3. The van der Waals surface area contributed by atoms with Crippen LogP contribution in [0.3, 0.4) is 0 Å². The number of benzene rings is 1. The molecule has 1 aromatic carbocycles. The highest BCUT2D eigenvalue weighted by Crippen LogP contribution is 2.19. The van der Waals surface area contributed by atoms with Gasteiger partial charge in [-0.15, -0.1) is 0 Å². The Morgan fingerprint density at radius 1 is 1.24 bits per heavy atom. The summed E-state index contributed by atoms with van der Waals surface area (Å²) >= 11 is 1.95. The molecular weight excluding hydrogens is 393 g/mol. The third kappa shape index (κ3) is 3.68. The van der Waals surface area contributed by atoms with E-state index in [0.717, 1.165) is 4.90 Å². The van der Waals surface area contributed by atoms with E-state index in [-0.39, 0.29) is 24.3 Å². The molecule has 0 aliphatic carbocycles. The van der Waals surface area contributed by atoms with Gasteiger partial charge in [0.25, 0.3) is 0 Å². The van der Waals surface area contributed by atoms with Gasteiger partial charge in [-0.2, -0.15) is 0 Å². The minimum absolute atomic E-state index is 0.0666. The third-order valence-corrected chi connectivity index (χ3v) is 3.36. The maximum atomic E-state index is 12.0. The van der Waals surface area contributed by atoms with Crippen molar-refractivity contribution in [2.75, 3.05) is 18.4 Å². The van der Waals surface area contributed by atoms with Crippen LogP contribution in [-0.4, -0.2) is 46.9 Å². The fraction of sp³-hybridized carbons (Fsp3) is 0.167. The van der Waals surface area contributed by atoms with E-state index in [2.05, 4.69) is 10.6 Å². The minimum atomic E-state index is -1.18. The molecule has 0 unspecified atom stereocenters. The molecule has 1 aromatic rings. The smallest absolute Gasteiger partial charge is 0.337 e. The second-order valence-corrected chi connectivity index (χ2v) is 5.50. The second kappa shape index (κ2) is 6.08. The zero-order chi connectivity index (χ0) is 15.6. The first-order valence-electron chi connectivity index (χ1n) is 5.78. The highest BCUT2D eigenvalue weighted by atomic mass is 127. The summed E-state index contributed by atoms with van der Waals surface area (Å²) in [5.74, 6) is -2.35. The van der Waals surface area contributed by atoms with Crippen molar-refractivity contribution in [3.63, 3.8) is 0 Å². The first kappa shape index (κ1) is 15.2. The molecule has 1 aliphatic rings. The monoisotopic (exact) mass is 403 g/mol. The number of rotatable bonds is 2. The number of carbonyl (C=O) groups is 4. The lowest BCUT2D eigenvalue weighted by atomic mass is 10.2. The largest absolute Gasteiger partial charge is 0.478 e. The second-order valence-electron chi connectivity index (χ2n) is 4.25. The Labute approximate surface area is 132 Å². The Bertz CT molecular complexity index is 630. The standard InChI is InChI=1S/C12H10IN3O5/c13-6-1-2-8(7(3-6)11(19)20)14-12(21)16-4-9(17)15-10(18)5-16/h1-3H,4-5H2,(H,14,21)(H,19,20)(H,15,17,18). The molecule has 0 spiro atoms. The van der Waals surface area contributed by atoms with Gasteiger partial charge in [-0.05, 0) is 40.8 Å². The van der Waals surface area contributed by atoms with Crippen LogP contribution < -0.4 is 10.6 Å². The number of imide groups is 1. The number of anilines is 1. The van der Waals surface area contributed by atoms with Gasteiger partial charge < -0.3 is 15.3 Å². The van der Waals surface area contributed by atoms with Crippen LogP contribution in [0.1, 0.15) is 10.4 Å². The van der Waals surface area contributed by atoms with E-state index in [1.807, 2.05) is 22.6 Å². The molecule has 1 aliphatic heterocycles. The van der Waals surface area contributed by atoms with Crippen molar-refractivity contribution in [3.05, 3.63) is 27.3 Å². The van der Waals surface area contributed by atoms with E-state index in [0.29, 0.717) is 3.57 Å². The van der Waals surface area contributed by atoms with E-state index in [4.69, 9.17) is 5.11 Å². The van der Waals surface area contributed by atoms with Gasteiger partial charge in [0.15, 0.2) is 0 Å². The summed E-state index contributed by atoms with van der Waals surface area (Å²) in [5.41, 5.74) is 0.0365. The fourth-order valence-electron chi connectivity index (χ4n) is 1.78. The molecule has 1 fully saturated rings. The Hall–Kier alpha value is -2.17. The number of urea groups is 1. The van der Waals surface area contributed by atoms with Gasteiger partial charge in [-0.1, -0.05) is 0 Å². The van der Waals surface area contributed by atoms with Gasteiger partial charge in [0.2, 0.25) is 11.8 Å². The Kier molecular flexibility index (Phi) is 4.40. The molecule has 110 valence electrons. The van der Waals surface area contributed by atoms with Crippen LogP contribution in [0.25, 0.3) is 0 Å². The van der Waals surface area contributed by atoms with Crippen molar-refractivity contribution in [1.29, 1.82) is 0 Å². The molecule has 8 nitrogen and oxygen atoms in total. The van der Waals surface area contributed by atoms with Gasteiger partial charge in [-0.3, -0.25) is 14.9 Å². The van der Waals surface area contributed by atoms with Gasteiger partial charge in [-0.25, -0.2) is 9.59 Å². The lowest BCUT2D eigenvalue weighted by Gasteiger charge is -2.25. The molecule has 2 rings (SSSR count). The van der Waals surface area contributed by atoms with Crippen molar-refractivity contribution in [1.82, 2.24) is 10.2 Å². The maximum absolute atomic E-state index is 12.0. The summed E-state index contributed by atoms with van der Waals surface area (Å²) in [6.07, 6.45) is 0. The molecule has 3 N–H and O–H groups in total. The average Bonchev–Trinajstić information content (AvgIpc) is 2.39. The van der Waals surface area contributed by atoms with Crippen molar-refractivity contribution in [2.24, 2.45) is 0 Å². The summed E-state index contributed by atoms with van der Waals surface area (Å²) in [6.45, 7) is -0.519. The number of piperazine rings is 1. The summed E-state index contributed by atoms with van der Waals surface area (Å²) in [7, 11) is 0. The number of carboxylic acids is 1. The van der Waals surface area contributed by atoms with Gasteiger partial charge in [0, 0.05) is 3.57 Å². The molecule has 21 heavy (non-hydrogen) atoms. The Balaban J connectivity index is 2.18. The number of carboxylic acid groups (broad SMARTS) is 1. The summed E-state index contributed by atoms with van der Waals surface area (Å²) in [5, 5.41) is 13.6. The summed E-state index contributed by atoms with van der Waals surface area (Å²) in [6, 6.07) is 3.79. The highest BCUT2D eigenvalue weighted by Gasteiger charge is 2.27. The van der Waals surface area contributed by atoms with Crippen LogP contribution in [0.15, 0.2) is 18.2 Å². The molecule has 4 amide bonds. The SMILES string of the molecule is O=C1CN(C(=O)Nc2ccc(I)cc2C(=O)O)CC(=O)N1. The van der Waals surface area contributed by atoms with E-state index in [9.17, 15) is 19.2 Å². The first-order valence-corrected chi connectivity index (χ1v) is 6.86. The maximum Gasteiger partial charge on any atom is 0.337 e. The molecule has 1 saturated heterocycles. The van der Waals surface area contributed by atoms with Crippen LogP contribution in [0.5, 0.6) is 0 Å². The zero-order valence-electron chi connectivity index (χ0n) is 10.6. The topological polar surface area (TPSA) is 116 Å². The van der Waals surface area contributed by atoms with E-state index in [1.54, 1.807) is 6.07 Å². The number of halogens is 1. The van der Waals surface area contributed by atoms with Gasteiger partial charge >= 0.3 is 12.0 Å². The molecule has 9 heteroatoms. The molecule has 0 saturated carbocycles. The molecule has 0 radical (unpaired) electrons. The molecular formula is C12H10IN3O5. The van der Waals surface area contributed by atoms with Crippen molar-refractivity contribution in [3.8, 4) is 0 Å². The van der Waals surface area contributed by atoms with Crippen LogP contribution in [-0.2, 0) is 9.59 Å². The van der Waals surface area contributed by atoms with Gasteiger partial charge in [0.1, 0.15) is 13.1 Å². The predicted molar refractivity (Wildman–Crippen MR) is 79.9 cm³/mol. The van der Waals surface area contributed by atoms with Gasteiger partial charge in [0.05, 0.1) is 11.3 Å². The van der Waals surface area contributed by atoms with Crippen LogP contribution >= 0.6 is 22.6 Å². The normalized spacial score (nSPS) is 14.6. The first-order chi connectivity index (χ1) is 9.86. The number of hydrogen-bond acceptors (Lipinski definition) is 4. The number of hydrogen-bond donors (Lipinski definition) is 3. The lowest BCUT2D eigenvalue weighted by Crippen LogP contribution is -2.54. The van der Waals surface area contributed by atoms with Crippen molar-refractivity contribution in [2.45, 2.75) is 0 Å². The molecule has 1 heterocycles. The minimum Gasteiger partial charge on any atom is -0.478 e. The number of amides is 4. The van der Waals surface area contributed by atoms with Crippen LogP contribution in [0.4, 0.5) is 10.5 Å². The molecule has 0 aromatic heterocycles. The Morgan fingerprint density at radius 2 is 1.86 bits per heavy atom. The number of nitrogens with zero attached hydrogens (tertiary/aromatic N) is 1.